The first-order valence-corrected chi connectivity index (χ1v) is 10.6. The molecule has 1 aliphatic heterocycles. The average Bonchev–Trinajstić information content (AvgIpc) is 2.77. The Morgan fingerprint density at radius 1 is 1.29 bits per heavy atom. The molecule has 0 unspecified atom stereocenters. The maximum absolute atomic E-state index is 6.33. The van der Waals surface area contributed by atoms with Gasteiger partial charge < -0.3 is 16.4 Å². The number of nitrogens with two attached hydrogens (primary N) is 2. The van der Waals surface area contributed by atoms with Crippen LogP contribution in [0, 0.1) is 0 Å². The molecular weight excluding hydrogens is 368 g/mol. The maximum atomic E-state index is 6.33. The predicted molar refractivity (Wildman–Crippen MR) is 120 cm³/mol. The smallest absolute Gasteiger partial charge is 0.114 e. The molecule has 150 valence electrons. The highest BCUT2D eigenvalue weighted by molar-refractivity contribution is 7.96. The van der Waals surface area contributed by atoms with Gasteiger partial charge in [-0.1, -0.05) is 30.4 Å². The molecule has 1 aliphatic carbocycles. The van der Waals surface area contributed by atoms with Gasteiger partial charge in [-0.15, -0.1) is 0 Å². The van der Waals surface area contributed by atoms with E-state index in [9.17, 15) is 0 Å². The van der Waals surface area contributed by atoms with E-state index in [2.05, 4.69) is 46.5 Å². The normalized spacial score (nSPS) is 18.2. The van der Waals surface area contributed by atoms with Crippen molar-refractivity contribution in [3.05, 3.63) is 71.6 Å². The molecule has 1 heterocycles. The Bertz CT molecular complexity index is 778. The third-order valence-electron chi connectivity index (χ3n) is 4.82. The Morgan fingerprint density at radius 2 is 2.18 bits per heavy atom. The quantitative estimate of drug-likeness (QED) is 0.408. The van der Waals surface area contributed by atoms with Gasteiger partial charge in [-0.05, 0) is 61.6 Å². The molecule has 0 bridgehead atoms. The minimum atomic E-state index is 0.695. The fraction of sp³-hybridized carbons (Fsp3) is 0.364. The summed E-state index contributed by atoms with van der Waals surface area (Å²) in [6.45, 7) is 5.56. The van der Waals surface area contributed by atoms with E-state index in [4.69, 9.17) is 15.7 Å². The lowest BCUT2D eigenvalue weighted by Gasteiger charge is -2.26. The number of hydrogen-bond donors (Lipinski definition) is 2. The van der Waals surface area contributed by atoms with Crippen LogP contribution < -0.4 is 15.8 Å². The summed E-state index contributed by atoms with van der Waals surface area (Å²) in [5, 5.41) is 0. The van der Waals surface area contributed by atoms with Crippen molar-refractivity contribution in [3.8, 4) is 0 Å². The van der Waals surface area contributed by atoms with Gasteiger partial charge in [0.2, 0.25) is 0 Å². The zero-order valence-corrected chi connectivity index (χ0v) is 17.3. The largest absolute Gasteiger partial charge is 0.398 e. The van der Waals surface area contributed by atoms with E-state index in [-0.39, 0.29) is 0 Å². The lowest BCUT2D eigenvalue weighted by molar-refractivity contribution is 0.351. The van der Waals surface area contributed by atoms with Crippen molar-refractivity contribution in [2.75, 3.05) is 30.5 Å². The standard InChI is InChI=1S/C22H30N4OS/c1-2-25(17-18-8-4-3-5-9-18)22(24)13-12-21(23)19-10-6-11-20(16-19)26-14-7-15-27-28-26/h4,6,8-13,16H,2-3,5,7,14-15,17,23-24H2,1H3/b21-12-,22-13+. The zero-order chi connectivity index (χ0) is 19.8. The Kier molecular flexibility index (Phi) is 7.51. The Morgan fingerprint density at radius 3 is 2.89 bits per heavy atom. The van der Waals surface area contributed by atoms with Gasteiger partial charge in [0.1, 0.15) is 12.2 Å². The first-order valence-electron chi connectivity index (χ1n) is 9.88. The highest BCUT2D eigenvalue weighted by Gasteiger charge is 2.13. The maximum Gasteiger partial charge on any atom is 0.114 e. The lowest BCUT2D eigenvalue weighted by atomic mass is 10.1. The zero-order valence-electron chi connectivity index (χ0n) is 16.5. The van der Waals surface area contributed by atoms with Crippen LogP contribution >= 0.6 is 12.2 Å². The van der Waals surface area contributed by atoms with Crippen LogP contribution in [0.1, 0.15) is 31.7 Å². The summed E-state index contributed by atoms with van der Waals surface area (Å²) < 4.78 is 7.62. The van der Waals surface area contributed by atoms with Crippen LogP contribution in [0.25, 0.3) is 5.70 Å². The van der Waals surface area contributed by atoms with E-state index >= 15 is 0 Å². The van der Waals surface area contributed by atoms with Crippen LogP contribution in [0.5, 0.6) is 0 Å². The molecule has 0 spiro atoms. The summed E-state index contributed by atoms with van der Waals surface area (Å²) in [6, 6.07) is 8.21. The molecule has 4 N–H and O–H groups in total. The lowest BCUT2D eigenvalue weighted by Crippen LogP contribution is -2.29. The van der Waals surface area contributed by atoms with Gasteiger partial charge in [-0.25, -0.2) is 0 Å². The van der Waals surface area contributed by atoms with Crippen molar-refractivity contribution in [1.29, 1.82) is 0 Å². The van der Waals surface area contributed by atoms with Crippen molar-refractivity contribution in [2.45, 2.75) is 26.2 Å². The summed E-state index contributed by atoms with van der Waals surface area (Å²) in [6.07, 6.45) is 13.8. The first kappa shape index (κ1) is 20.4. The van der Waals surface area contributed by atoms with Gasteiger partial charge in [-0.2, -0.15) is 0 Å². The Hall–Kier alpha value is -2.31. The van der Waals surface area contributed by atoms with Crippen LogP contribution in [0.15, 0.2) is 66.0 Å². The molecule has 3 rings (SSSR count). The molecule has 1 fully saturated rings. The van der Waals surface area contributed by atoms with Crippen molar-refractivity contribution in [1.82, 2.24) is 4.90 Å². The fourth-order valence-corrected chi connectivity index (χ4v) is 3.91. The number of hydrogen-bond acceptors (Lipinski definition) is 6. The van der Waals surface area contributed by atoms with Crippen molar-refractivity contribution < 1.29 is 4.18 Å². The number of anilines is 1. The van der Waals surface area contributed by atoms with Crippen LogP contribution in [0.4, 0.5) is 5.69 Å². The second-order valence-electron chi connectivity index (χ2n) is 6.89. The van der Waals surface area contributed by atoms with Gasteiger partial charge in [-0.3, -0.25) is 8.49 Å². The van der Waals surface area contributed by atoms with E-state index in [1.54, 1.807) is 0 Å². The minimum Gasteiger partial charge on any atom is -0.398 e. The van der Waals surface area contributed by atoms with Gasteiger partial charge in [0.25, 0.3) is 0 Å². The first-order chi connectivity index (χ1) is 13.7. The van der Waals surface area contributed by atoms with Crippen LogP contribution in [-0.2, 0) is 4.18 Å². The van der Waals surface area contributed by atoms with Crippen molar-refractivity contribution in [2.24, 2.45) is 11.5 Å². The van der Waals surface area contributed by atoms with Gasteiger partial charge in [0.15, 0.2) is 0 Å². The molecule has 0 saturated carbocycles. The van der Waals surface area contributed by atoms with Gasteiger partial charge in [0, 0.05) is 31.0 Å². The second-order valence-corrected chi connectivity index (χ2v) is 7.71. The molecule has 28 heavy (non-hydrogen) atoms. The molecule has 2 aliphatic rings. The third-order valence-corrected chi connectivity index (χ3v) is 5.67. The van der Waals surface area contributed by atoms with E-state index in [0.29, 0.717) is 5.70 Å². The second kappa shape index (κ2) is 10.3. The molecule has 1 saturated heterocycles. The molecule has 0 aromatic heterocycles. The molecule has 0 radical (unpaired) electrons. The summed E-state index contributed by atoms with van der Waals surface area (Å²) >= 11 is 1.40. The van der Waals surface area contributed by atoms with Crippen molar-refractivity contribution in [3.63, 3.8) is 0 Å². The van der Waals surface area contributed by atoms with Crippen LogP contribution in [0.2, 0.25) is 0 Å². The number of likely N-dealkylation sites (N-methyl/N-ethyl adjacent to an activating group) is 1. The number of nitrogens with zero attached hydrogens (tertiary/aromatic N) is 2. The molecule has 1 aromatic rings. The molecular formula is C22H30N4OS. The molecule has 0 amide bonds. The van der Waals surface area contributed by atoms with E-state index in [1.165, 1.54) is 17.8 Å². The average molecular weight is 399 g/mol. The van der Waals surface area contributed by atoms with E-state index < -0.39 is 0 Å². The van der Waals surface area contributed by atoms with Crippen LogP contribution in [0.3, 0.4) is 0 Å². The third kappa shape index (κ3) is 5.59. The minimum absolute atomic E-state index is 0.695. The molecule has 5 nitrogen and oxygen atoms in total. The highest BCUT2D eigenvalue weighted by atomic mass is 32.2. The highest BCUT2D eigenvalue weighted by Crippen LogP contribution is 2.28. The van der Waals surface area contributed by atoms with Crippen molar-refractivity contribution >= 4 is 23.6 Å². The Labute approximate surface area is 172 Å². The topological polar surface area (TPSA) is 67.8 Å². The summed E-state index contributed by atoms with van der Waals surface area (Å²) in [5.74, 6) is 0.724. The predicted octanol–water partition coefficient (Wildman–Crippen LogP) is 4.17. The molecule has 0 atom stereocenters. The number of allylic oxidation sites excluding steroid dienone is 4. The summed E-state index contributed by atoms with van der Waals surface area (Å²) in [7, 11) is 0. The van der Waals surface area contributed by atoms with Gasteiger partial charge in [0.05, 0.1) is 12.4 Å². The SMILES string of the molecule is CCN(CC1=CCCC=C1)/C(N)=C/C=C(\N)c1cccc(N2CCCOS2)c1. The van der Waals surface area contributed by atoms with E-state index in [0.717, 1.165) is 62.6 Å². The monoisotopic (exact) mass is 398 g/mol. The number of rotatable bonds is 7. The molecule has 1 aromatic carbocycles. The summed E-state index contributed by atoms with van der Waals surface area (Å²) in [5.41, 5.74) is 16.7. The van der Waals surface area contributed by atoms with Crippen LogP contribution in [-0.4, -0.2) is 31.1 Å². The van der Waals surface area contributed by atoms with E-state index in [1.807, 2.05) is 24.3 Å². The fourth-order valence-electron chi connectivity index (χ4n) is 3.19. The van der Waals surface area contributed by atoms with Gasteiger partial charge >= 0.3 is 0 Å². The Balaban J connectivity index is 1.69. The number of benzene rings is 1. The summed E-state index contributed by atoms with van der Waals surface area (Å²) in [4.78, 5) is 2.16. The molecule has 6 heteroatoms.